The third kappa shape index (κ3) is 1.70. The number of aryl methyl sites for hydroxylation is 1. The van der Waals surface area contributed by atoms with Crippen LogP contribution in [0.15, 0.2) is 51.7 Å². The largest absolute Gasteiger partial charge is 0.280 e. The van der Waals surface area contributed by atoms with Crippen LogP contribution in [-0.2, 0) is 10.0 Å². The number of hydrogen-bond acceptors (Lipinski definition) is 4. The van der Waals surface area contributed by atoms with Crippen molar-refractivity contribution in [2.24, 2.45) is 34.0 Å². The zero-order valence-corrected chi connectivity index (χ0v) is 13.7. The second-order valence-electron chi connectivity index (χ2n) is 7.25. The summed E-state index contributed by atoms with van der Waals surface area (Å²) in [7, 11) is -3.61. The van der Waals surface area contributed by atoms with E-state index in [1.54, 1.807) is 12.1 Å². The molecule has 0 unspecified atom stereocenters. The quantitative estimate of drug-likeness (QED) is 0.783. The van der Waals surface area contributed by atoms with E-state index in [2.05, 4.69) is 22.5 Å². The molecule has 1 heterocycles. The number of rotatable bonds is 2. The Bertz CT molecular complexity index is 815. The van der Waals surface area contributed by atoms with Crippen LogP contribution in [0.1, 0.15) is 18.4 Å². The summed E-state index contributed by atoms with van der Waals surface area (Å²) in [6, 6.07) is 6.96. The predicted molar refractivity (Wildman–Crippen MR) is 85.0 cm³/mol. The monoisotopic (exact) mass is 329 g/mol. The Morgan fingerprint density at radius 1 is 1.13 bits per heavy atom. The molecule has 0 aromatic heterocycles. The summed E-state index contributed by atoms with van der Waals surface area (Å²) in [6.07, 6.45) is 6.74. The first-order valence-electron chi connectivity index (χ1n) is 8.26. The number of hydrogen-bond donors (Lipinski definition) is 0. The molecule has 2 saturated carbocycles. The molecule has 120 valence electrons. The van der Waals surface area contributed by atoms with Gasteiger partial charge in [0.2, 0.25) is 0 Å². The Morgan fingerprint density at radius 2 is 1.91 bits per heavy atom. The topological polar surface area (TPSA) is 62.1 Å². The maximum Gasteiger partial charge on any atom is 0.280 e. The van der Waals surface area contributed by atoms with E-state index in [4.69, 9.17) is 0 Å². The molecule has 1 aromatic carbocycles. The Balaban J connectivity index is 1.51. The molecule has 0 N–H and O–H groups in total. The molecule has 0 spiro atoms. The van der Waals surface area contributed by atoms with Crippen LogP contribution < -0.4 is 0 Å². The molecule has 5 rings (SSSR count). The average molecular weight is 329 g/mol. The molecule has 6 atom stereocenters. The highest BCUT2D eigenvalue weighted by Gasteiger charge is 2.63. The Morgan fingerprint density at radius 3 is 2.70 bits per heavy atom. The molecule has 4 aliphatic rings. The molecule has 2 bridgehead atoms. The van der Waals surface area contributed by atoms with Gasteiger partial charge in [-0.05, 0) is 55.6 Å². The summed E-state index contributed by atoms with van der Waals surface area (Å²) in [5.41, 5.74) is 1.05. The molecule has 6 heteroatoms. The van der Waals surface area contributed by atoms with Crippen LogP contribution in [0.3, 0.4) is 0 Å². The number of sulfonamides is 1. The van der Waals surface area contributed by atoms with Crippen molar-refractivity contribution in [3.63, 3.8) is 0 Å². The van der Waals surface area contributed by atoms with E-state index in [9.17, 15) is 8.42 Å². The smallest absolute Gasteiger partial charge is 0.200 e. The maximum absolute atomic E-state index is 13.0. The maximum atomic E-state index is 13.0. The molecule has 3 aliphatic carbocycles. The third-order valence-electron chi connectivity index (χ3n) is 6.17. The van der Waals surface area contributed by atoms with Crippen LogP contribution in [0.5, 0.6) is 0 Å². The van der Waals surface area contributed by atoms with Crippen LogP contribution >= 0.6 is 0 Å². The average Bonchev–Trinajstić information content (AvgIpc) is 3.25. The van der Waals surface area contributed by atoms with Crippen molar-refractivity contribution in [1.29, 1.82) is 0 Å². The molecule has 0 amide bonds. The van der Waals surface area contributed by atoms with E-state index < -0.39 is 10.0 Å². The van der Waals surface area contributed by atoms with Crippen molar-refractivity contribution in [1.82, 2.24) is 4.41 Å². The summed E-state index contributed by atoms with van der Waals surface area (Å²) in [4.78, 5) is 0.312. The molecule has 23 heavy (non-hydrogen) atoms. The highest BCUT2D eigenvalue weighted by Crippen LogP contribution is 2.60. The minimum atomic E-state index is -3.61. The van der Waals surface area contributed by atoms with E-state index in [1.807, 2.05) is 19.1 Å². The summed E-state index contributed by atoms with van der Waals surface area (Å²) in [5.74, 6) is 2.03. The van der Waals surface area contributed by atoms with E-state index in [1.165, 1.54) is 4.41 Å². The summed E-state index contributed by atoms with van der Waals surface area (Å²) < 4.78 is 27.3. The molecule has 0 radical (unpaired) electrons. The van der Waals surface area contributed by atoms with Gasteiger partial charge < -0.3 is 0 Å². The van der Waals surface area contributed by atoms with E-state index in [-0.39, 0.29) is 12.1 Å². The lowest BCUT2D eigenvalue weighted by atomic mass is 9.77. The van der Waals surface area contributed by atoms with Crippen LogP contribution in [0.4, 0.5) is 0 Å². The van der Waals surface area contributed by atoms with Gasteiger partial charge in [0.25, 0.3) is 10.0 Å². The Labute approximate surface area is 136 Å². The fourth-order valence-electron chi connectivity index (χ4n) is 5.17. The minimum Gasteiger partial charge on any atom is -0.200 e. The van der Waals surface area contributed by atoms with Gasteiger partial charge in [-0.25, -0.2) is 0 Å². The van der Waals surface area contributed by atoms with Crippen LogP contribution in [0, 0.1) is 30.6 Å². The molecule has 0 saturated heterocycles. The number of fused-ring (bicyclic) bond motifs is 8. The molecular formula is C17H19N3O2S. The van der Waals surface area contributed by atoms with Gasteiger partial charge in [-0.1, -0.05) is 35.1 Å². The lowest BCUT2D eigenvalue weighted by molar-refractivity contribution is 0.177. The van der Waals surface area contributed by atoms with Crippen molar-refractivity contribution in [3.8, 4) is 0 Å². The Kier molecular flexibility index (Phi) is 2.65. The molecule has 2 fully saturated rings. The fourth-order valence-corrected chi connectivity index (χ4v) is 6.61. The molecular weight excluding hydrogens is 310 g/mol. The van der Waals surface area contributed by atoms with Crippen molar-refractivity contribution < 1.29 is 8.42 Å². The van der Waals surface area contributed by atoms with Crippen LogP contribution in [0.2, 0.25) is 0 Å². The van der Waals surface area contributed by atoms with Crippen molar-refractivity contribution >= 4 is 10.0 Å². The second kappa shape index (κ2) is 4.44. The second-order valence-corrected chi connectivity index (χ2v) is 9.04. The number of allylic oxidation sites excluding steroid dienone is 2. The summed E-state index contributed by atoms with van der Waals surface area (Å²) in [5, 5.41) is 8.47. The zero-order valence-electron chi connectivity index (χ0n) is 12.9. The van der Waals surface area contributed by atoms with Gasteiger partial charge in [0, 0.05) is 0 Å². The molecule has 1 aliphatic heterocycles. The highest BCUT2D eigenvalue weighted by atomic mass is 32.2. The van der Waals surface area contributed by atoms with Crippen LogP contribution in [-0.4, -0.2) is 24.9 Å². The summed E-state index contributed by atoms with van der Waals surface area (Å²) in [6.45, 7) is 1.95. The van der Waals surface area contributed by atoms with Gasteiger partial charge >= 0.3 is 0 Å². The van der Waals surface area contributed by atoms with Gasteiger partial charge in [0.1, 0.15) is 0 Å². The Hall–Kier alpha value is -1.69. The first kappa shape index (κ1) is 13.7. The van der Waals surface area contributed by atoms with Gasteiger partial charge in [-0.2, -0.15) is 17.9 Å². The molecule has 1 aromatic rings. The van der Waals surface area contributed by atoms with Crippen molar-refractivity contribution in [2.45, 2.75) is 36.7 Å². The van der Waals surface area contributed by atoms with Gasteiger partial charge in [0.15, 0.2) is 0 Å². The zero-order chi connectivity index (χ0) is 15.8. The lowest BCUT2D eigenvalue weighted by Gasteiger charge is -2.35. The number of benzene rings is 1. The molecule has 5 nitrogen and oxygen atoms in total. The SMILES string of the molecule is Cc1ccc(S(=O)(=O)N2N=N[C@H]3[C@H]4C[C@H]([C@H]5CC=C[C@@H]54)[C@H]32)cc1. The highest BCUT2D eigenvalue weighted by molar-refractivity contribution is 7.89. The normalized spacial score (nSPS) is 40.0. The summed E-state index contributed by atoms with van der Waals surface area (Å²) >= 11 is 0. The van der Waals surface area contributed by atoms with Gasteiger partial charge in [-0.3, -0.25) is 0 Å². The van der Waals surface area contributed by atoms with Crippen molar-refractivity contribution in [3.05, 3.63) is 42.0 Å². The van der Waals surface area contributed by atoms with Gasteiger partial charge in [0.05, 0.1) is 17.0 Å². The van der Waals surface area contributed by atoms with Crippen molar-refractivity contribution in [2.75, 3.05) is 0 Å². The minimum absolute atomic E-state index is 0.0456. The predicted octanol–water partition coefficient (Wildman–Crippen LogP) is 2.95. The standard InChI is InChI=1S/C17H19N3O2S/c1-10-5-7-11(8-6-10)23(21,22)20-17-15-9-14(16(17)18-19-20)12-3-2-4-13(12)15/h2-3,5-8,12-17H,4,9H2,1H3/t12-,13-,14-,15+,16-,17+/m0/s1. The van der Waals surface area contributed by atoms with E-state index in [0.717, 1.165) is 18.4 Å². The van der Waals surface area contributed by atoms with E-state index >= 15 is 0 Å². The third-order valence-corrected chi connectivity index (χ3v) is 7.85. The van der Waals surface area contributed by atoms with Crippen LogP contribution in [0.25, 0.3) is 0 Å². The van der Waals surface area contributed by atoms with Gasteiger partial charge in [-0.15, -0.1) is 0 Å². The fraction of sp³-hybridized carbons (Fsp3) is 0.529. The first-order chi connectivity index (χ1) is 11.1. The first-order valence-corrected chi connectivity index (χ1v) is 9.70. The lowest BCUT2D eigenvalue weighted by Crippen LogP contribution is -2.46. The van der Waals surface area contributed by atoms with E-state index in [0.29, 0.717) is 28.6 Å². The number of nitrogens with zero attached hydrogens (tertiary/aromatic N) is 3.